The summed E-state index contributed by atoms with van der Waals surface area (Å²) < 4.78 is 5.83. The maximum Gasteiger partial charge on any atom is 0.119 e. The molecule has 0 saturated carbocycles. The third kappa shape index (κ3) is 4.91. The lowest BCUT2D eigenvalue weighted by molar-refractivity contribution is 0.232. The first-order valence-corrected chi connectivity index (χ1v) is 7.45. The van der Waals surface area contributed by atoms with Crippen molar-refractivity contribution in [1.82, 2.24) is 4.90 Å². The summed E-state index contributed by atoms with van der Waals surface area (Å²) in [5, 5.41) is 8.92. The van der Waals surface area contributed by atoms with Crippen LogP contribution in [0.15, 0.2) is 42.5 Å². The minimum absolute atomic E-state index is 0.650. The van der Waals surface area contributed by atoms with Gasteiger partial charge in [-0.2, -0.15) is 5.26 Å². The Morgan fingerprint density at radius 1 is 1.09 bits per heavy atom. The number of hydrogen-bond donors (Lipinski definition) is 0. The average molecular weight is 294 g/mol. The highest BCUT2D eigenvalue weighted by Gasteiger charge is 2.03. The zero-order valence-electron chi connectivity index (χ0n) is 13.5. The van der Waals surface area contributed by atoms with Gasteiger partial charge in [-0.15, -0.1) is 0 Å². The van der Waals surface area contributed by atoms with Crippen molar-refractivity contribution in [1.29, 1.82) is 5.26 Å². The molecule has 0 aliphatic rings. The number of rotatable bonds is 6. The predicted molar refractivity (Wildman–Crippen MR) is 88.9 cm³/mol. The van der Waals surface area contributed by atoms with Crippen LogP contribution in [0.3, 0.4) is 0 Å². The molecule has 0 spiro atoms. The summed E-state index contributed by atoms with van der Waals surface area (Å²) in [6, 6.07) is 16.2. The van der Waals surface area contributed by atoms with Gasteiger partial charge < -0.3 is 4.74 Å². The van der Waals surface area contributed by atoms with Gasteiger partial charge in [-0.05, 0) is 61.9 Å². The Hall–Kier alpha value is -2.31. The molecule has 0 N–H and O–H groups in total. The van der Waals surface area contributed by atoms with Crippen molar-refractivity contribution in [3.8, 4) is 11.8 Å². The third-order valence-corrected chi connectivity index (χ3v) is 3.45. The molecule has 0 bridgehead atoms. The van der Waals surface area contributed by atoms with E-state index in [1.165, 1.54) is 11.1 Å². The lowest BCUT2D eigenvalue weighted by Crippen LogP contribution is -2.23. The Bertz CT molecular complexity index is 653. The van der Waals surface area contributed by atoms with E-state index in [0.717, 1.165) is 24.4 Å². The van der Waals surface area contributed by atoms with Crippen molar-refractivity contribution in [2.24, 2.45) is 0 Å². The van der Waals surface area contributed by atoms with Gasteiger partial charge in [-0.25, -0.2) is 0 Å². The van der Waals surface area contributed by atoms with Crippen LogP contribution >= 0.6 is 0 Å². The fraction of sp³-hybridized carbons (Fsp3) is 0.316. The molecule has 2 aromatic rings. The van der Waals surface area contributed by atoms with E-state index in [4.69, 9.17) is 10.00 Å². The summed E-state index contributed by atoms with van der Waals surface area (Å²) in [6.07, 6.45) is 0. The van der Waals surface area contributed by atoms with Crippen LogP contribution in [0.4, 0.5) is 0 Å². The summed E-state index contributed by atoms with van der Waals surface area (Å²) in [5.74, 6) is 0.928. The van der Waals surface area contributed by atoms with Gasteiger partial charge in [0.1, 0.15) is 12.4 Å². The molecule has 2 rings (SSSR count). The highest BCUT2D eigenvalue weighted by molar-refractivity contribution is 5.33. The molecule has 0 saturated heterocycles. The van der Waals surface area contributed by atoms with Gasteiger partial charge in [-0.1, -0.05) is 18.2 Å². The Labute approximate surface area is 132 Å². The number of benzene rings is 2. The first-order valence-electron chi connectivity index (χ1n) is 7.45. The quantitative estimate of drug-likeness (QED) is 0.815. The summed E-state index contributed by atoms with van der Waals surface area (Å²) in [6.45, 7) is 6.45. The zero-order valence-corrected chi connectivity index (χ0v) is 13.5. The maximum absolute atomic E-state index is 8.92. The standard InChI is InChI=1S/C19H22N2O/c1-15-9-16(2)11-19(10-15)22-8-7-21(3)14-18-6-4-5-17(12-18)13-20/h4-6,9-12H,7-8,14H2,1-3H3. The number of aryl methyl sites for hydroxylation is 2. The molecule has 0 fully saturated rings. The summed E-state index contributed by atoms with van der Waals surface area (Å²) in [7, 11) is 2.06. The lowest BCUT2D eigenvalue weighted by Gasteiger charge is -2.17. The minimum atomic E-state index is 0.650. The number of hydrogen-bond acceptors (Lipinski definition) is 3. The van der Waals surface area contributed by atoms with Crippen LogP contribution in [0.25, 0.3) is 0 Å². The van der Waals surface area contributed by atoms with Crippen LogP contribution in [0.2, 0.25) is 0 Å². The first kappa shape index (κ1) is 16.1. The Kier molecular flexibility index (Phi) is 5.57. The fourth-order valence-corrected chi connectivity index (χ4v) is 2.47. The number of nitriles is 1. The van der Waals surface area contributed by atoms with Crippen LogP contribution in [-0.2, 0) is 6.54 Å². The highest BCUT2D eigenvalue weighted by Crippen LogP contribution is 2.16. The van der Waals surface area contributed by atoms with Gasteiger partial charge in [0.15, 0.2) is 0 Å². The molecule has 22 heavy (non-hydrogen) atoms. The van der Waals surface area contributed by atoms with E-state index in [2.05, 4.69) is 50.1 Å². The van der Waals surface area contributed by atoms with Crippen LogP contribution in [0, 0.1) is 25.2 Å². The molecule has 114 valence electrons. The minimum Gasteiger partial charge on any atom is -0.492 e. The van der Waals surface area contributed by atoms with Crippen LogP contribution in [-0.4, -0.2) is 25.1 Å². The molecule has 2 aromatic carbocycles. The molecule has 0 aromatic heterocycles. The molecule has 0 radical (unpaired) electrons. The maximum atomic E-state index is 8.92. The summed E-state index contributed by atoms with van der Waals surface area (Å²) >= 11 is 0. The smallest absolute Gasteiger partial charge is 0.119 e. The summed E-state index contributed by atoms with van der Waals surface area (Å²) in [4.78, 5) is 2.19. The molecule has 0 aliphatic heterocycles. The Balaban J connectivity index is 1.82. The van der Waals surface area contributed by atoms with E-state index in [-0.39, 0.29) is 0 Å². The van der Waals surface area contributed by atoms with Crippen molar-refractivity contribution in [2.75, 3.05) is 20.2 Å². The first-order chi connectivity index (χ1) is 10.6. The molecule has 3 heteroatoms. The topological polar surface area (TPSA) is 36.3 Å². The van der Waals surface area contributed by atoms with Crippen LogP contribution in [0.1, 0.15) is 22.3 Å². The highest BCUT2D eigenvalue weighted by atomic mass is 16.5. The van der Waals surface area contributed by atoms with Gasteiger partial charge in [0.05, 0.1) is 11.6 Å². The van der Waals surface area contributed by atoms with Crippen molar-refractivity contribution in [3.05, 3.63) is 64.7 Å². The molecular weight excluding hydrogens is 272 g/mol. The normalized spacial score (nSPS) is 10.5. The monoisotopic (exact) mass is 294 g/mol. The van der Waals surface area contributed by atoms with Crippen LogP contribution < -0.4 is 4.74 Å². The largest absolute Gasteiger partial charge is 0.492 e. The SMILES string of the molecule is Cc1cc(C)cc(OCCN(C)Cc2cccc(C#N)c2)c1. The number of likely N-dealkylation sites (N-methyl/N-ethyl adjacent to an activating group) is 1. The second kappa shape index (κ2) is 7.63. The molecule has 0 heterocycles. The molecule has 0 amide bonds. The third-order valence-electron chi connectivity index (χ3n) is 3.45. The molecule has 3 nitrogen and oxygen atoms in total. The van der Waals surface area contributed by atoms with Crippen molar-refractivity contribution < 1.29 is 4.74 Å². The van der Waals surface area contributed by atoms with Crippen molar-refractivity contribution in [2.45, 2.75) is 20.4 Å². The van der Waals surface area contributed by atoms with E-state index in [9.17, 15) is 0 Å². The van der Waals surface area contributed by atoms with Gasteiger partial charge >= 0.3 is 0 Å². The van der Waals surface area contributed by atoms with E-state index in [1.54, 1.807) is 0 Å². The van der Waals surface area contributed by atoms with Gasteiger partial charge in [-0.3, -0.25) is 4.90 Å². The van der Waals surface area contributed by atoms with Crippen molar-refractivity contribution >= 4 is 0 Å². The van der Waals surface area contributed by atoms with E-state index >= 15 is 0 Å². The van der Waals surface area contributed by atoms with Crippen molar-refractivity contribution in [3.63, 3.8) is 0 Å². The van der Waals surface area contributed by atoms with Gasteiger partial charge in [0.25, 0.3) is 0 Å². The predicted octanol–water partition coefficient (Wildman–Crippen LogP) is 3.69. The van der Waals surface area contributed by atoms with E-state index in [0.29, 0.717) is 12.2 Å². The molecule has 0 aliphatic carbocycles. The second-order valence-electron chi connectivity index (χ2n) is 5.72. The molecular formula is C19H22N2O. The second-order valence-corrected chi connectivity index (χ2v) is 5.72. The van der Waals surface area contributed by atoms with Gasteiger partial charge in [0.2, 0.25) is 0 Å². The molecule has 0 unspecified atom stereocenters. The molecule has 0 atom stereocenters. The number of ether oxygens (including phenoxy) is 1. The Morgan fingerprint density at radius 2 is 1.82 bits per heavy atom. The summed E-state index contributed by atoms with van der Waals surface area (Å²) in [5.41, 5.74) is 4.29. The zero-order chi connectivity index (χ0) is 15.9. The van der Waals surface area contributed by atoms with E-state index in [1.807, 2.05) is 24.3 Å². The van der Waals surface area contributed by atoms with E-state index < -0.39 is 0 Å². The number of nitrogens with zero attached hydrogens (tertiary/aromatic N) is 2. The van der Waals surface area contributed by atoms with Gasteiger partial charge in [0, 0.05) is 13.1 Å². The Morgan fingerprint density at radius 3 is 2.50 bits per heavy atom. The average Bonchev–Trinajstić information content (AvgIpc) is 2.46. The van der Waals surface area contributed by atoms with Crippen LogP contribution in [0.5, 0.6) is 5.75 Å². The lowest BCUT2D eigenvalue weighted by atomic mass is 10.1. The fourth-order valence-electron chi connectivity index (χ4n) is 2.47.